The molecule has 0 bridgehead atoms. The van der Waals surface area contributed by atoms with E-state index in [1.165, 1.54) is 22.5 Å². The molecule has 1 fully saturated rings. The first kappa shape index (κ1) is 26.6. The van der Waals surface area contributed by atoms with Gasteiger partial charge in [0, 0.05) is 53.8 Å². The number of nitrogens with zero attached hydrogens (tertiary/aromatic N) is 4. The van der Waals surface area contributed by atoms with E-state index in [0.717, 1.165) is 29.2 Å². The van der Waals surface area contributed by atoms with Gasteiger partial charge in [-0.05, 0) is 98.2 Å². The van der Waals surface area contributed by atoms with Gasteiger partial charge < -0.3 is 20.1 Å². The summed E-state index contributed by atoms with van der Waals surface area (Å²) in [4.78, 5) is 23.4. The molecule has 0 spiro atoms. The summed E-state index contributed by atoms with van der Waals surface area (Å²) in [5.74, 6) is -0.0933. The Balaban J connectivity index is 1.57. The number of carbonyl (C=O) groups is 1. The molecular weight excluding hydrogens is 504 g/mol. The molecule has 0 unspecified atom stereocenters. The number of aryl methyl sites for hydroxylation is 2. The van der Waals surface area contributed by atoms with Crippen molar-refractivity contribution in [3.05, 3.63) is 107 Å². The van der Waals surface area contributed by atoms with Crippen LogP contribution in [0.1, 0.15) is 59.7 Å². The Labute approximate surface area is 235 Å². The Morgan fingerprint density at radius 1 is 1.05 bits per heavy atom. The molecule has 1 aliphatic rings. The molecule has 2 N–H and O–H groups in total. The average molecular weight is 539 g/mol. The lowest BCUT2D eigenvalue weighted by molar-refractivity contribution is -0.118. The second-order valence-electron chi connectivity index (χ2n) is 10.4. The topological polar surface area (TPSA) is 75.1 Å². The summed E-state index contributed by atoms with van der Waals surface area (Å²) in [6.07, 6.45) is 5.49. The van der Waals surface area contributed by atoms with E-state index in [-0.39, 0.29) is 23.9 Å². The Kier molecular flexibility index (Phi) is 7.48. The molecule has 3 aromatic heterocycles. The van der Waals surface area contributed by atoms with Gasteiger partial charge in [0.05, 0.1) is 17.8 Å². The Hall–Kier alpha value is -4.04. The van der Waals surface area contributed by atoms with Crippen LogP contribution in [0.4, 0.5) is 11.4 Å². The summed E-state index contributed by atoms with van der Waals surface area (Å²) < 4.78 is 2.34. The molecule has 1 aromatic carbocycles. The molecular formula is C31H34N6OS. The van der Waals surface area contributed by atoms with Crippen LogP contribution in [0.25, 0.3) is 0 Å². The van der Waals surface area contributed by atoms with Crippen LogP contribution < -0.4 is 15.5 Å². The molecule has 8 heteroatoms. The quantitative estimate of drug-likeness (QED) is 0.280. The van der Waals surface area contributed by atoms with Crippen LogP contribution in [0.5, 0.6) is 0 Å². The van der Waals surface area contributed by atoms with E-state index in [1.54, 1.807) is 0 Å². The maximum atomic E-state index is 12.3. The number of rotatable bonds is 7. The van der Waals surface area contributed by atoms with Gasteiger partial charge in [-0.2, -0.15) is 0 Å². The summed E-state index contributed by atoms with van der Waals surface area (Å²) in [6.45, 7) is 10.9. The fraction of sp³-hybridized carbons (Fsp3) is 0.290. The van der Waals surface area contributed by atoms with E-state index in [4.69, 9.17) is 17.2 Å². The van der Waals surface area contributed by atoms with Crippen molar-refractivity contribution in [2.75, 3.05) is 10.2 Å². The summed E-state index contributed by atoms with van der Waals surface area (Å²) in [5.41, 5.74) is 8.45. The standard InChI is InChI=1S/C31H34N6OS/c1-19(2)30(38)34-26-10-9-24(16-20(26)3)37-29(28(35-31(37)39)27-8-6-7-13-33-27)25-17-21(4)36(22(25)5)18-23-11-14-32-15-12-23/h6-17,19,28-29H,18H2,1-5H3,(H,34,38)(H,35,39)/t28-,29+/m1/s1. The van der Waals surface area contributed by atoms with Crippen LogP contribution in [-0.2, 0) is 11.3 Å². The minimum absolute atomic E-state index is 0.000982. The number of nitrogens with one attached hydrogen (secondary N) is 2. The van der Waals surface area contributed by atoms with Gasteiger partial charge in [-0.25, -0.2) is 0 Å². The van der Waals surface area contributed by atoms with E-state index in [9.17, 15) is 4.79 Å². The number of carbonyl (C=O) groups excluding carboxylic acids is 1. The lowest BCUT2D eigenvalue weighted by atomic mass is 9.96. The zero-order chi connectivity index (χ0) is 27.7. The Morgan fingerprint density at radius 3 is 2.49 bits per heavy atom. The molecule has 1 aliphatic heterocycles. The summed E-state index contributed by atoms with van der Waals surface area (Å²) in [7, 11) is 0. The van der Waals surface area contributed by atoms with Crippen molar-refractivity contribution in [1.82, 2.24) is 19.9 Å². The smallest absolute Gasteiger partial charge is 0.226 e. The van der Waals surface area contributed by atoms with Crippen molar-refractivity contribution in [3.63, 3.8) is 0 Å². The molecule has 200 valence electrons. The monoisotopic (exact) mass is 538 g/mol. The van der Waals surface area contributed by atoms with Crippen LogP contribution in [0.2, 0.25) is 0 Å². The lowest BCUT2D eigenvalue weighted by Gasteiger charge is -2.29. The normalized spacial score (nSPS) is 17.0. The summed E-state index contributed by atoms with van der Waals surface area (Å²) in [5, 5.41) is 7.24. The molecule has 1 saturated heterocycles. The minimum Gasteiger partial charge on any atom is -0.351 e. The van der Waals surface area contributed by atoms with Crippen LogP contribution >= 0.6 is 12.2 Å². The summed E-state index contributed by atoms with van der Waals surface area (Å²) >= 11 is 5.95. The van der Waals surface area contributed by atoms with E-state index in [2.05, 4.69) is 63.2 Å². The van der Waals surface area contributed by atoms with Crippen LogP contribution in [0.15, 0.2) is 73.2 Å². The third kappa shape index (κ3) is 5.29. The number of hydrogen-bond donors (Lipinski definition) is 2. The van der Waals surface area contributed by atoms with E-state index in [0.29, 0.717) is 5.11 Å². The predicted octanol–water partition coefficient (Wildman–Crippen LogP) is 6.02. The number of benzene rings is 1. The second kappa shape index (κ2) is 11.0. The van der Waals surface area contributed by atoms with Gasteiger partial charge in [0.15, 0.2) is 5.11 Å². The number of anilines is 2. The number of thiocarbonyl (C=S) groups is 1. The molecule has 2 atom stereocenters. The highest BCUT2D eigenvalue weighted by atomic mass is 32.1. The number of hydrogen-bond acceptors (Lipinski definition) is 4. The zero-order valence-corrected chi connectivity index (χ0v) is 23.8. The SMILES string of the molecule is Cc1cc(N2C(=S)N[C@H](c3ccccn3)[C@@H]2c2cc(C)n(Cc3ccncc3)c2C)ccc1NC(=O)C(C)C. The van der Waals surface area contributed by atoms with Crippen molar-refractivity contribution in [2.24, 2.45) is 5.92 Å². The highest BCUT2D eigenvalue weighted by molar-refractivity contribution is 7.80. The molecule has 4 heterocycles. The maximum absolute atomic E-state index is 12.3. The van der Waals surface area contributed by atoms with E-state index < -0.39 is 0 Å². The minimum atomic E-state index is -0.130. The van der Waals surface area contributed by atoms with E-state index >= 15 is 0 Å². The number of aromatic nitrogens is 3. The van der Waals surface area contributed by atoms with Crippen molar-refractivity contribution in [1.29, 1.82) is 0 Å². The van der Waals surface area contributed by atoms with Gasteiger partial charge in [-0.15, -0.1) is 0 Å². The van der Waals surface area contributed by atoms with Crippen molar-refractivity contribution >= 4 is 34.6 Å². The van der Waals surface area contributed by atoms with Gasteiger partial charge in [0.25, 0.3) is 0 Å². The lowest BCUT2D eigenvalue weighted by Crippen LogP contribution is -2.29. The summed E-state index contributed by atoms with van der Waals surface area (Å²) in [6, 6.07) is 18.2. The Morgan fingerprint density at radius 2 is 1.82 bits per heavy atom. The first-order chi connectivity index (χ1) is 18.7. The first-order valence-corrected chi connectivity index (χ1v) is 13.6. The molecule has 39 heavy (non-hydrogen) atoms. The fourth-order valence-corrected chi connectivity index (χ4v) is 5.55. The molecule has 7 nitrogen and oxygen atoms in total. The zero-order valence-electron chi connectivity index (χ0n) is 23.0. The molecule has 0 saturated carbocycles. The highest BCUT2D eigenvalue weighted by Crippen LogP contribution is 2.44. The first-order valence-electron chi connectivity index (χ1n) is 13.2. The third-order valence-corrected chi connectivity index (χ3v) is 7.70. The van der Waals surface area contributed by atoms with Crippen molar-refractivity contribution in [3.8, 4) is 0 Å². The third-order valence-electron chi connectivity index (χ3n) is 7.39. The van der Waals surface area contributed by atoms with Gasteiger partial charge in [-0.3, -0.25) is 14.8 Å². The Bertz CT molecular complexity index is 1500. The number of amides is 1. The van der Waals surface area contributed by atoms with Crippen LogP contribution in [0.3, 0.4) is 0 Å². The molecule has 0 radical (unpaired) electrons. The molecule has 5 rings (SSSR count). The predicted molar refractivity (Wildman–Crippen MR) is 160 cm³/mol. The van der Waals surface area contributed by atoms with Gasteiger partial charge in [-0.1, -0.05) is 19.9 Å². The number of pyridine rings is 2. The van der Waals surface area contributed by atoms with Gasteiger partial charge >= 0.3 is 0 Å². The maximum Gasteiger partial charge on any atom is 0.226 e. The molecule has 1 amide bonds. The molecule has 4 aromatic rings. The van der Waals surface area contributed by atoms with Gasteiger partial charge in [0.1, 0.15) is 0 Å². The largest absolute Gasteiger partial charge is 0.351 e. The highest BCUT2D eigenvalue weighted by Gasteiger charge is 2.42. The van der Waals surface area contributed by atoms with E-state index in [1.807, 2.05) is 69.7 Å². The van der Waals surface area contributed by atoms with Crippen molar-refractivity contribution in [2.45, 2.75) is 53.2 Å². The van der Waals surface area contributed by atoms with Gasteiger partial charge in [0.2, 0.25) is 5.91 Å². The average Bonchev–Trinajstić information content (AvgIpc) is 3.41. The fourth-order valence-electron chi connectivity index (χ4n) is 5.21. The molecule has 0 aliphatic carbocycles. The van der Waals surface area contributed by atoms with Crippen LogP contribution in [-0.4, -0.2) is 25.6 Å². The van der Waals surface area contributed by atoms with Crippen molar-refractivity contribution < 1.29 is 4.79 Å². The van der Waals surface area contributed by atoms with Crippen LogP contribution in [0, 0.1) is 26.7 Å². The second-order valence-corrected chi connectivity index (χ2v) is 10.8.